The smallest absolute Gasteiger partial charge is 0.313 e. The molecule has 0 saturated carbocycles. The zero-order valence-electron chi connectivity index (χ0n) is 18.3. The Morgan fingerprint density at radius 3 is 2.56 bits per heavy atom. The number of fused-ring (bicyclic) bond motifs is 1. The molecule has 1 aliphatic rings. The van der Waals surface area contributed by atoms with Crippen molar-refractivity contribution >= 4 is 33.2 Å². The molecule has 0 bridgehead atoms. The number of hydrogen-bond acceptors (Lipinski definition) is 6. The number of rotatable bonds is 7. The molecule has 0 saturated heterocycles. The second kappa shape index (κ2) is 10.0. The number of nitrogens with zero attached hydrogens (tertiary/aromatic N) is 1. The molecule has 32 heavy (non-hydrogen) atoms. The van der Waals surface area contributed by atoms with Crippen LogP contribution in [-0.2, 0) is 30.8 Å². The van der Waals surface area contributed by atoms with Crippen LogP contribution >= 0.6 is 0 Å². The highest BCUT2D eigenvalue weighted by atomic mass is 32.2. The van der Waals surface area contributed by atoms with E-state index in [1.54, 1.807) is 31.4 Å². The Balaban J connectivity index is 1.66. The summed E-state index contributed by atoms with van der Waals surface area (Å²) in [6, 6.07) is 12.3. The number of amides is 2. The third-order valence-corrected chi connectivity index (χ3v) is 6.42. The quantitative estimate of drug-likeness (QED) is 0.609. The summed E-state index contributed by atoms with van der Waals surface area (Å²) >= 11 is 0. The van der Waals surface area contributed by atoms with Crippen molar-refractivity contribution in [1.82, 2.24) is 5.32 Å². The van der Waals surface area contributed by atoms with Crippen molar-refractivity contribution in [2.24, 2.45) is 0 Å². The molecule has 0 radical (unpaired) electrons. The molecule has 1 unspecified atom stereocenters. The molecule has 2 aromatic carbocycles. The molecular weight excluding hydrogens is 434 g/mol. The van der Waals surface area contributed by atoms with Crippen LogP contribution in [0, 0.1) is 0 Å². The summed E-state index contributed by atoms with van der Waals surface area (Å²) < 4.78 is 36.3. The Labute approximate surface area is 187 Å². The summed E-state index contributed by atoms with van der Waals surface area (Å²) in [5.41, 5.74) is 2.48. The predicted octanol–water partition coefficient (Wildman–Crippen LogP) is 1.85. The molecule has 0 fully saturated rings. The molecule has 2 N–H and O–H groups in total. The van der Waals surface area contributed by atoms with Gasteiger partial charge in [0.1, 0.15) is 11.9 Å². The number of carbonyl (C=O) groups is 2. The first-order valence-corrected chi connectivity index (χ1v) is 11.9. The van der Waals surface area contributed by atoms with Gasteiger partial charge < -0.3 is 20.1 Å². The zero-order valence-corrected chi connectivity index (χ0v) is 19.1. The number of ether oxygens (including phenoxy) is 2. The van der Waals surface area contributed by atoms with E-state index in [1.807, 2.05) is 18.2 Å². The van der Waals surface area contributed by atoms with E-state index in [9.17, 15) is 18.0 Å². The molecule has 0 aliphatic carbocycles. The molecule has 0 aromatic heterocycles. The van der Waals surface area contributed by atoms with Crippen LogP contribution in [0.4, 0.5) is 11.4 Å². The highest BCUT2D eigenvalue weighted by Gasteiger charge is 2.25. The Morgan fingerprint density at radius 2 is 1.88 bits per heavy atom. The molecular formula is C22H27N3O6S. The number of carbonyl (C=O) groups excluding carboxylic acids is 2. The van der Waals surface area contributed by atoms with Crippen molar-refractivity contribution in [2.75, 3.05) is 43.2 Å². The maximum atomic E-state index is 12.4. The fourth-order valence-corrected chi connectivity index (χ4v) is 4.66. The number of benzene rings is 2. The lowest BCUT2D eigenvalue weighted by molar-refractivity contribution is -0.136. The summed E-state index contributed by atoms with van der Waals surface area (Å²) in [6.45, 7) is 0.445. The minimum Gasteiger partial charge on any atom is -0.496 e. The van der Waals surface area contributed by atoms with E-state index in [2.05, 4.69) is 10.6 Å². The van der Waals surface area contributed by atoms with Gasteiger partial charge in [0.2, 0.25) is 10.0 Å². The Morgan fingerprint density at radius 1 is 1.12 bits per heavy atom. The van der Waals surface area contributed by atoms with Gasteiger partial charge in [-0.2, -0.15) is 0 Å². The lowest BCUT2D eigenvalue weighted by atomic mass is 10.0. The van der Waals surface area contributed by atoms with Gasteiger partial charge in [-0.1, -0.05) is 24.3 Å². The van der Waals surface area contributed by atoms with E-state index in [-0.39, 0.29) is 6.54 Å². The second-order valence-corrected chi connectivity index (χ2v) is 9.32. The number of aryl methyl sites for hydroxylation is 1. The summed E-state index contributed by atoms with van der Waals surface area (Å²) in [7, 11) is -0.390. The van der Waals surface area contributed by atoms with Crippen LogP contribution in [0.15, 0.2) is 42.5 Å². The number of nitrogens with one attached hydrogen (secondary N) is 2. The topological polar surface area (TPSA) is 114 Å². The molecule has 2 aromatic rings. The van der Waals surface area contributed by atoms with E-state index >= 15 is 0 Å². The molecule has 9 nitrogen and oxygen atoms in total. The van der Waals surface area contributed by atoms with Crippen LogP contribution < -0.4 is 19.7 Å². The zero-order chi connectivity index (χ0) is 23.3. The standard InChI is InChI=1S/C22H27N3O6S/c1-30-19-9-5-4-8-17(19)20(31-2)14-23-21(26)22(27)24-16-11-10-15-7-6-12-25(18(15)13-16)32(3,28)29/h4-5,8-11,13,20H,6-7,12,14H2,1-3H3,(H,23,26)(H,24,27). The normalized spacial score (nSPS) is 14.3. The number of para-hydroxylation sites is 1. The Hall–Kier alpha value is -3.11. The van der Waals surface area contributed by atoms with Crippen LogP contribution in [0.3, 0.4) is 0 Å². The number of sulfonamides is 1. The van der Waals surface area contributed by atoms with Gasteiger partial charge >= 0.3 is 11.8 Å². The molecule has 172 valence electrons. The van der Waals surface area contributed by atoms with Crippen molar-refractivity contribution < 1.29 is 27.5 Å². The number of hydrogen-bond donors (Lipinski definition) is 2. The summed E-state index contributed by atoms with van der Waals surface area (Å²) in [5, 5.41) is 5.09. The second-order valence-electron chi connectivity index (χ2n) is 7.41. The molecule has 0 spiro atoms. The van der Waals surface area contributed by atoms with Crippen LogP contribution in [0.2, 0.25) is 0 Å². The monoisotopic (exact) mass is 461 g/mol. The van der Waals surface area contributed by atoms with Gasteiger partial charge in [0.25, 0.3) is 0 Å². The summed E-state index contributed by atoms with van der Waals surface area (Å²) in [6.07, 6.45) is 2.11. The number of methoxy groups -OCH3 is 2. The largest absolute Gasteiger partial charge is 0.496 e. The molecule has 10 heteroatoms. The molecule has 3 rings (SSSR count). The highest BCUT2D eigenvalue weighted by molar-refractivity contribution is 7.92. The Bertz CT molecular complexity index is 1100. The van der Waals surface area contributed by atoms with E-state index < -0.39 is 27.9 Å². The van der Waals surface area contributed by atoms with Gasteiger partial charge in [-0.25, -0.2) is 8.42 Å². The van der Waals surface area contributed by atoms with E-state index in [4.69, 9.17) is 9.47 Å². The molecule has 1 atom stereocenters. The SMILES string of the molecule is COc1ccccc1C(CNC(=O)C(=O)Nc1ccc2c(c1)N(S(C)(=O)=O)CCC2)OC. The van der Waals surface area contributed by atoms with Crippen LogP contribution in [-0.4, -0.2) is 53.8 Å². The summed E-state index contributed by atoms with van der Waals surface area (Å²) in [4.78, 5) is 24.7. The maximum Gasteiger partial charge on any atom is 0.313 e. The minimum atomic E-state index is -3.44. The lowest BCUT2D eigenvalue weighted by Gasteiger charge is -2.29. The van der Waals surface area contributed by atoms with Gasteiger partial charge in [0, 0.05) is 31.5 Å². The van der Waals surface area contributed by atoms with Gasteiger partial charge in [-0.3, -0.25) is 13.9 Å². The summed E-state index contributed by atoms with van der Waals surface area (Å²) in [5.74, 6) is -1.08. The fraction of sp³-hybridized carbons (Fsp3) is 0.364. The lowest BCUT2D eigenvalue weighted by Crippen LogP contribution is -2.38. The minimum absolute atomic E-state index is 0.0647. The van der Waals surface area contributed by atoms with Crippen molar-refractivity contribution in [3.8, 4) is 5.75 Å². The highest BCUT2D eigenvalue weighted by Crippen LogP contribution is 2.31. The third-order valence-electron chi connectivity index (χ3n) is 5.24. The average molecular weight is 462 g/mol. The van der Waals surface area contributed by atoms with Crippen LogP contribution in [0.5, 0.6) is 5.75 Å². The number of anilines is 2. The van der Waals surface area contributed by atoms with E-state index in [0.717, 1.165) is 30.2 Å². The van der Waals surface area contributed by atoms with E-state index in [0.29, 0.717) is 23.7 Å². The van der Waals surface area contributed by atoms with Crippen molar-refractivity contribution in [1.29, 1.82) is 0 Å². The predicted molar refractivity (Wildman–Crippen MR) is 121 cm³/mol. The Kier molecular flexibility index (Phi) is 7.37. The molecule has 1 aliphatic heterocycles. The van der Waals surface area contributed by atoms with Crippen molar-refractivity contribution in [3.63, 3.8) is 0 Å². The maximum absolute atomic E-state index is 12.4. The average Bonchev–Trinajstić information content (AvgIpc) is 2.78. The van der Waals surface area contributed by atoms with Gasteiger partial charge in [0.05, 0.1) is 19.1 Å². The molecule has 1 heterocycles. The van der Waals surface area contributed by atoms with Gasteiger partial charge in [0.15, 0.2) is 0 Å². The molecule has 2 amide bonds. The first-order chi connectivity index (χ1) is 15.2. The first-order valence-electron chi connectivity index (χ1n) is 10.1. The van der Waals surface area contributed by atoms with Crippen molar-refractivity contribution in [2.45, 2.75) is 18.9 Å². The fourth-order valence-electron chi connectivity index (χ4n) is 3.67. The van der Waals surface area contributed by atoms with Gasteiger partial charge in [-0.05, 0) is 36.6 Å². The van der Waals surface area contributed by atoms with Gasteiger partial charge in [-0.15, -0.1) is 0 Å². The van der Waals surface area contributed by atoms with Crippen LogP contribution in [0.1, 0.15) is 23.7 Å². The van der Waals surface area contributed by atoms with Crippen LogP contribution in [0.25, 0.3) is 0 Å². The van der Waals surface area contributed by atoms with E-state index in [1.165, 1.54) is 11.4 Å². The first kappa shape index (κ1) is 23.6. The van der Waals surface area contributed by atoms with Crippen molar-refractivity contribution in [3.05, 3.63) is 53.6 Å². The third kappa shape index (κ3) is 5.38.